The van der Waals surface area contributed by atoms with Crippen LogP contribution < -0.4 is 0 Å². The molecule has 0 aliphatic heterocycles. The topological polar surface area (TPSA) is 21.6 Å². The lowest BCUT2D eigenvalue weighted by Crippen LogP contribution is -1.92. The third kappa shape index (κ3) is 4.11. The van der Waals surface area contributed by atoms with Gasteiger partial charge in [0.1, 0.15) is 12.8 Å². The molecule has 0 heterocycles. The summed E-state index contributed by atoms with van der Waals surface area (Å²) >= 11 is 0. The maximum Gasteiger partial charge on any atom is 0.142 e. The number of nitrogens with zero attached hydrogens (tertiary/aromatic N) is 1. The van der Waals surface area contributed by atoms with E-state index in [2.05, 4.69) is 54.7 Å². The molecule has 0 spiro atoms. The highest BCUT2D eigenvalue weighted by atomic mass is 16.6. The highest BCUT2D eigenvalue weighted by molar-refractivity contribution is 5.79. The van der Waals surface area contributed by atoms with Crippen LogP contribution in [0.4, 0.5) is 0 Å². The fraction of sp³-hybridized carbons (Fsp3) is 0.136. The number of hydrogen-bond donors (Lipinski definition) is 0. The van der Waals surface area contributed by atoms with Crippen molar-refractivity contribution >= 4 is 6.21 Å². The van der Waals surface area contributed by atoms with Crippen LogP contribution in [0.1, 0.15) is 23.6 Å². The average molecular weight is 314 g/mol. The van der Waals surface area contributed by atoms with Crippen LogP contribution in [0.3, 0.4) is 0 Å². The first-order valence-corrected chi connectivity index (χ1v) is 8.17. The van der Waals surface area contributed by atoms with Gasteiger partial charge in [0.25, 0.3) is 0 Å². The molecule has 0 amide bonds. The van der Waals surface area contributed by atoms with Crippen LogP contribution in [0.25, 0.3) is 11.1 Å². The van der Waals surface area contributed by atoms with E-state index < -0.39 is 0 Å². The van der Waals surface area contributed by atoms with Gasteiger partial charge in [-0.15, -0.1) is 0 Å². The molecule has 0 aromatic heterocycles. The zero-order chi connectivity index (χ0) is 16.6. The lowest BCUT2D eigenvalue weighted by Gasteiger charge is -2.08. The monoisotopic (exact) mass is 314 g/mol. The van der Waals surface area contributed by atoms with E-state index in [-0.39, 0.29) is 0 Å². The van der Waals surface area contributed by atoms with Gasteiger partial charge in [0, 0.05) is 5.56 Å². The summed E-state index contributed by atoms with van der Waals surface area (Å²) in [4.78, 5) is 5.46. The van der Waals surface area contributed by atoms with Crippen molar-refractivity contribution < 1.29 is 4.84 Å². The van der Waals surface area contributed by atoms with Crippen LogP contribution in [-0.2, 0) is 17.9 Å². The van der Waals surface area contributed by atoms with Crippen LogP contribution in [0.2, 0.25) is 0 Å². The second-order valence-corrected chi connectivity index (χ2v) is 5.55. The van der Waals surface area contributed by atoms with E-state index in [1.54, 1.807) is 0 Å². The van der Waals surface area contributed by atoms with Gasteiger partial charge in [0.2, 0.25) is 0 Å². The minimum absolute atomic E-state index is 0.422. The summed E-state index contributed by atoms with van der Waals surface area (Å²) in [6, 6.07) is 26.7. The molecule has 1 radical (unpaired) electrons. The van der Waals surface area contributed by atoms with E-state index in [1.807, 2.05) is 42.5 Å². The van der Waals surface area contributed by atoms with Crippen molar-refractivity contribution in [2.45, 2.75) is 20.0 Å². The molecule has 0 N–H and O–H groups in total. The van der Waals surface area contributed by atoms with E-state index >= 15 is 0 Å². The van der Waals surface area contributed by atoms with E-state index in [9.17, 15) is 0 Å². The quantitative estimate of drug-likeness (QED) is 0.444. The third-order valence-electron chi connectivity index (χ3n) is 3.92. The zero-order valence-electron chi connectivity index (χ0n) is 13.8. The summed E-state index contributed by atoms with van der Waals surface area (Å²) in [5, 5.41) is 3.98. The smallest absolute Gasteiger partial charge is 0.142 e. The van der Waals surface area contributed by atoms with Crippen molar-refractivity contribution in [3.63, 3.8) is 0 Å². The van der Waals surface area contributed by atoms with Gasteiger partial charge in [0.15, 0.2) is 0 Å². The summed E-state index contributed by atoms with van der Waals surface area (Å²) in [5.74, 6) is 0. The molecule has 0 saturated heterocycles. The summed E-state index contributed by atoms with van der Waals surface area (Å²) in [7, 11) is 0. The molecule has 2 heteroatoms. The minimum atomic E-state index is 0.422. The highest BCUT2D eigenvalue weighted by Gasteiger charge is 2.04. The first-order valence-electron chi connectivity index (χ1n) is 8.17. The molecule has 3 aromatic carbocycles. The second-order valence-electron chi connectivity index (χ2n) is 5.55. The van der Waals surface area contributed by atoms with Gasteiger partial charge < -0.3 is 4.84 Å². The third-order valence-corrected chi connectivity index (χ3v) is 3.92. The van der Waals surface area contributed by atoms with Gasteiger partial charge in [-0.25, -0.2) is 0 Å². The predicted molar refractivity (Wildman–Crippen MR) is 99.0 cm³/mol. The Morgan fingerprint density at radius 3 is 2.29 bits per heavy atom. The normalized spacial score (nSPS) is 10.9. The fourth-order valence-corrected chi connectivity index (χ4v) is 2.55. The van der Waals surface area contributed by atoms with Crippen LogP contribution in [0.15, 0.2) is 84.0 Å². The van der Waals surface area contributed by atoms with Gasteiger partial charge in [-0.1, -0.05) is 90.9 Å². The van der Waals surface area contributed by atoms with Crippen LogP contribution in [-0.4, -0.2) is 6.21 Å². The summed E-state index contributed by atoms with van der Waals surface area (Å²) in [6.07, 6.45) is 3.96. The van der Waals surface area contributed by atoms with Gasteiger partial charge in [-0.2, -0.15) is 0 Å². The Morgan fingerprint density at radius 2 is 1.54 bits per heavy atom. The molecule has 24 heavy (non-hydrogen) atoms. The number of benzene rings is 3. The molecular weight excluding hydrogens is 294 g/mol. The molecule has 0 aliphatic carbocycles. The standard InChI is InChI=1S/C22H20NO/c1-2-18-12-14-19(15-13-18)16-23-24-17-21-10-6-7-11-22(21)20-8-4-3-5-9-20/h3-15H,2,17H2,1H3. The highest BCUT2D eigenvalue weighted by Crippen LogP contribution is 2.23. The van der Waals surface area contributed by atoms with Crippen molar-refractivity contribution in [3.05, 3.63) is 95.6 Å². The maximum absolute atomic E-state index is 5.46. The van der Waals surface area contributed by atoms with E-state index in [1.165, 1.54) is 16.7 Å². The van der Waals surface area contributed by atoms with Crippen molar-refractivity contribution in [2.75, 3.05) is 0 Å². The van der Waals surface area contributed by atoms with Gasteiger partial charge >= 0.3 is 0 Å². The minimum Gasteiger partial charge on any atom is -0.390 e. The Labute approximate surface area is 143 Å². The number of aryl methyl sites for hydroxylation is 1. The maximum atomic E-state index is 5.46. The average Bonchev–Trinajstić information content (AvgIpc) is 2.67. The van der Waals surface area contributed by atoms with E-state index in [4.69, 9.17) is 4.84 Å². The Hall–Kier alpha value is -2.87. The first-order chi connectivity index (χ1) is 11.9. The summed E-state index contributed by atoms with van der Waals surface area (Å²) < 4.78 is 0. The van der Waals surface area contributed by atoms with Crippen LogP contribution >= 0.6 is 0 Å². The molecular formula is C22H20NO. The van der Waals surface area contributed by atoms with Gasteiger partial charge in [-0.3, -0.25) is 0 Å². The molecule has 0 fully saturated rings. The van der Waals surface area contributed by atoms with E-state index in [0.29, 0.717) is 6.61 Å². The Kier molecular flexibility index (Phi) is 5.41. The van der Waals surface area contributed by atoms with Crippen LogP contribution in [0.5, 0.6) is 0 Å². The van der Waals surface area contributed by atoms with Gasteiger partial charge in [-0.05, 0) is 28.7 Å². The van der Waals surface area contributed by atoms with Gasteiger partial charge in [0.05, 0.1) is 0 Å². The molecule has 2 nitrogen and oxygen atoms in total. The van der Waals surface area contributed by atoms with Crippen molar-refractivity contribution in [2.24, 2.45) is 5.16 Å². The Balaban J connectivity index is 1.65. The molecule has 0 aliphatic rings. The molecule has 3 rings (SSSR count). The van der Waals surface area contributed by atoms with Crippen molar-refractivity contribution in [3.8, 4) is 11.1 Å². The largest absolute Gasteiger partial charge is 0.390 e. The molecule has 0 atom stereocenters. The summed E-state index contributed by atoms with van der Waals surface area (Å²) in [6.45, 7) is 2.56. The number of hydrogen-bond acceptors (Lipinski definition) is 2. The SMILES string of the molecule is CCc1ccc(/[C]=N/OCc2ccccc2-c2ccccc2)cc1. The predicted octanol–water partition coefficient (Wildman–Crippen LogP) is 5.34. The summed E-state index contributed by atoms with van der Waals surface area (Å²) in [5.41, 5.74) is 5.68. The molecule has 0 bridgehead atoms. The second kappa shape index (κ2) is 8.11. The number of rotatable bonds is 6. The fourth-order valence-electron chi connectivity index (χ4n) is 2.55. The molecule has 0 saturated carbocycles. The Bertz CT molecular complexity index is 792. The molecule has 0 unspecified atom stereocenters. The van der Waals surface area contributed by atoms with Crippen LogP contribution in [0, 0.1) is 0 Å². The lowest BCUT2D eigenvalue weighted by atomic mass is 10.0. The van der Waals surface area contributed by atoms with Crippen molar-refractivity contribution in [1.82, 2.24) is 0 Å². The van der Waals surface area contributed by atoms with E-state index in [0.717, 1.165) is 17.5 Å². The molecule has 119 valence electrons. The Morgan fingerprint density at radius 1 is 0.833 bits per heavy atom. The van der Waals surface area contributed by atoms with Crippen molar-refractivity contribution in [1.29, 1.82) is 0 Å². The zero-order valence-corrected chi connectivity index (χ0v) is 13.8. The molecule has 3 aromatic rings. The first kappa shape index (κ1) is 16.0. The lowest BCUT2D eigenvalue weighted by molar-refractivity contribution is 0.132.